The number of carbonyl (C=O) groups excluding carboxylic acids is 2. The van der Waals surface area contributed by atoms with Gasteiger partial charge in [0.15, 0.2) is 0 Å². The van der Waals surface area contributed by atoms with Crippen LogP contribution in [0, 0.1) is 5.41 Å². The third-order valence-corrected chi connectivity index (χ3v) is 7.69. The molecule has 3 atom stereocenters. The van der Waals surface area contributed by atoms with E-state index in [0.717, 1.165) is 62.1 Å². The van der Waals surface area contributed by atoms with Crippen LogP contribution in [-0.4, -0.2) is 56.2 Å². The highest BCUT2D eigenvalue weighted by Gasteiger charge is 2.49. The summed E-state index contributed by atoms with van der Waals surface area (Å²) in [6, 6.07) is 11.2. The van der Waals surface area contributed by atoms with Gasteiger partial charge in [0.1, 0.15) is 11.8 Å². The predicted molar refractivity (Wildman–Crippen MR) is 137 cm³/mol. The van der Waals surface area contributed by atoms with Crippen molar-refractivity contribution in [2.45, 2.75) is 57.2 Å². The first kappa shape index (κ1) is 28.0. The van der Waals surface area contributed by atoms with Crippen LogP contribution in [0.15, 0.2) is 48.5 Å². The molecule has 0 radical (unpaired) electrons. The SMILES string of the molecule is COc1ccc([C@@H]2CC2(C)CCCOC[C@H](NC(=O)c2ccc(C(F)(F)F)cc2)C(=O)N2CCCC2)cc1. The predicted octanol–water partition coefficient (Wildman–Crippen LogP) is 5.43. The number of halogens is 3. The molecule has 2 aromatic carbocycles. The van der Waals surface area contributed by atoms with Crippen molar-refractivity contribution in [2.24, 2.45) is 5.41 Å². The Labute approximate surface area is 221 Å². The second-order valence-electron chi connectivity index (χ2n) is 10.5. The van der Waals surface area contributed by atoms with E-state index in [9.17, 15) is 22.8 Å². The minimum Gasteiger partial charge on any atom is -0.497 e. The van der Waals surface area contributed by atoms with Crippen molar-refractivity contribution < 1.29 is 32.2 Å². The summed E-state index contributed by atoms with van der Waals surface area (Å²) in [6.07, 6.45) is 0.231. The molecule has 38 heavy (non-hydrogen) atoms. The van der Waals surface area contributed by atoms with Crippen LogP contribution in [-0.2, 0) is 15.7 Å². The van der Waals surface area contributed by atoms with E-state index < -0.39 is 23.7 Å². The molecule has 206 valence electrons. The molecule has 2 aromatic rings. The zero-order chi connectivity index (χ0) is 27.3. The maximum Gasteiger partial charge on any atom is 0.416 e. The number of hydrogen-bond acceptors (Lipinski definition) is 4. The largest absolute Gasteiger partial charge is 0.497 e. The number of nitrogens with zero attached hydrogens (tertiary/aromatic N) is 1. The van der Waals surface area contributed by atoms with E-state index in [1.807, 2.05) is 12.1 Å². The van der Waals surface area contributed by atoms with E-state index in [2.05, 4.69) is 24.4 Å². The molecular weight excluding hydrogens is 497 g/mol. The maximum atomic E-state index is 13.0. The first-order valence-electron chi connectivity index (χ1n) is 13.1. The van der Waals surface area contributed by atoms with Gasteiger partial charge in [-0.25, -0.2) is 0 Å². The standard InChI is InChI=1S/C29H35F3N2O4/c1-28(18-24(28)20-8-12-23(37-2)13-9-20)14-5-17-38-19-25(27(36)34-15-3-4-16-34)33-26(35)21-6-10-22(11-7-21)29(30,31)32/h6-13,24-25H,3-5,14-19H2,1-2H3,(H,33,35)/t24-,25-,28?/m0/s1. The zero-order valence-corrected chi connectivity index (χ0v) is 21.9. The van der Waals surface area contributed by atoms with Gasteiger partial charge < -0.3 is 19.7 Å². The Morgan fingerprint density at radius 3 is 2.34 bits per heavy atom. The Kier molecular flexibility index (Phi) is 8.65. The highest BCUT2D eigenvalue weighted by atomic mass is 19.4. The van der Waals surface area contributed by atoms with E-state index in [4.69, 9.17) is 9.47 Å². The van der Waals surface area contributed by atoms with Crippen molar-refractivity contribution in [3.63, 3.8) is 0 Å². The van der Waals surface area contributed by atoms with Crippen LogP contribution in [0.5, 0.6) is 5.75 Å². The van der Waals surface area contributed by atoms with Crippen molar-refractivity contribution in [2.75, 3.05) is 33.4 Å². The summed E-state index contributed by atoms with van der Waals surface area (Å²) in [5.74, 6) is 0.512. The highest BCUT2D eigenvalue weighted by molar-refractivity contribution is 5.97. The molecule has 9 heteroatoms. The molecule has 6 nitrogen and oxygen atoms in total. The van der Waals surface area contributed by atoms with Crippen LogP contribution >= 0.6 is 0 Å². The average molecular weight is 533 g/mol. The second-order valence-corrected chi connectivity index (χ2v) is 10.5. The Hall–Kier alpha value is -3.07. The molecule has 1 unspecified atom stereocenters. The molecule has 2 amide bonds. The van der Waals surface area contributed by atoms with Crippen LogP contribution in [0.3, 0.4) is 0 Å². The molecule has 1 aliphatic heterocycles. The third kappa shape index (κ3) is 6.87. The summed E-state index contributed by atoms with van der Waals surface area (Å²) < 4.78 is 49.6. The minimum atomic E-state index is -4.48. The molecule has 2 fully saturated rings. The van der Waals surface area contributed by atoms with Crippen LogP contribution in [0.25, 0.3) is 0 Å². The number of benzene rings is 2. The second kappa shape index (κ2) is 11.8. The molecule has 0 aromatic heterocycles. The first-order valence-corrected chi connectivity index (χ1v) is 13.1. The Bertz CT molecular complexity index is 1100. The lowest BCUT2D eigenvalue weighted by molar-refractivity contribution is -0.137. The number of hydrogen-bond donors (Lipinski definition) is 1. The quantitative estimate of drug-likeness (QED) is 0.392. The van der Waals surface area contributed by atoms with Gasteiger partial charge in [-0.2, -0.15) is 13.2 Å². The topological polar surface area (TPSA) is 67.9 Å². The fourth-order valence-electron chi connectivity index (χ4n) is 5.20. The number of alkyl halides is 3. The van der Waals surface area contributed by atoms with Gasteiger partial charge in [-0.15, -0.1) is 0 Å². The Balaban J connectivity index is 1.28. The van der Waals surface area contributed by atoms with Crippen LogP contribution < -0.4 is 10.1 Å². The van der Waals surface area contributed by atoms with Gasteiger partial charge in [-0.05, 0) is 85.4 Å². The number of likely N-dealkylation sites (tertiary alicyclic amines) is 1. The number of amides is 2. The maximum absolute atomic E-state index is 13.0. The molecule has 1 saturated carbocycles. The molecule has 1 N–H and O–H groups in total. The van der Waals surface area contributed by atoms with E-state index in [0.29, 0.717) is 25.6 Å². The van der Waals surface area contributed by atoms with Gasteiger partial charge in [0.2, 0.25) is 5.91 Å². The molecule has 1 aliphatic carbocycles. The van der Waals surface area contributed by atoms with Crippen LogP contribution in [0.4, 0.5) is 13.2 Å². The first-order chi connectivity index (χ1) is 18.1. The number of rotatable bonds is 11. The third-order valence-electron chi connectivity index (χ3n) is 7.69. The summed E-state index contributed by atoms with van der Waals surface area (Å²) >= 11 is 0. The van der Waals surface area contributed by atoms with Crippen molar-refractivity contribution in [1.29, 1.82) is 0 Å². The van der Waals surface area contributed by atoms with Gasteiger partial charge in [-0.3, -0.25) is 9.59 Å². The highest BCUT2D eigenvalue weighted by Crippen LogP contribution is 2.61. The van der Waals surface area contributed by atoms with E-state index in [1.54, 1.807) is 12.0 Å². The van der Waals surface area contributed by atoms with Gasteiger partial charge in [0, 0.05) is 25.3 Å². The van der Waals surface area contributed by atoms with Crippen molar-refractivity contribution in [1.82, 2.24) is 10.2 Å². The molecule has 0 spiro atoms. The van der Waals surface area contributed by atoms with E-state index in [1.165, 1.54) is 5.56 Å². The molecular formula is C29H35F3N2O4. The fourth-order valence-corrected chi connectivity index (χ4v) is 5.20. The number of carbonyl (C=O) groups is 2. The molecule has 1 saturated heterocycles. The lowest BCUT2D eigenvalue weighted by Crippen LogP contribution is -2.50. The number of methoxy groups -OCH3 is 1. The molecule has 0 bridgehead atoms. The minimum absolute atomic E-state index is 0.0142. The van der Waals surface area contributed by atoms with Crippen LogP contribution in [0.1, 0.15) is 66.4 Å². The Morgan fingerprint density at radius 2 is 1.74 bits per heavy atom. The average Bonchev–Trinajstić information content (AvgIpc) is 3.29. The normalized spacial score (nSPS) is 21.7. The van der Waals surface area contributed by atoms with Gasteiger partial charge in [-0.1, -0.05) is 19.1 Å². The van der Waals surface area contributed by atoms with Gasteiger partial charge in [0.25, 0.3) is 5.91 Å². The number of nitrogens with one attached hydrogen (secondary N) is 1. The monoisotopic (exact) mass is 532 g/mol. The molecule has 1 heterocycles. The summed E-state index contributed by atoms with van der Waals surface area (Å²) in [7, 11) is 1.65. The van der Waals surface area contributed by atoms with Crippen molar-refractivity contribution in [3.8, 4) is 5.75 Å². The molecule has 4 rings (SSSR count). The Morgan fingerprint density at radius 1 is 1.08 bits per heavy atom. The lowest BCUT2D eigenvalue weighted by atomic mass is 9.96. The molecule has 2 aliphatic rings. The van der Waals surface area contributed by atoms with Gasteiger partial charge in [0.05, 0.1) is 19.3 Å². The number of ether oxygens (including phenoxy) is 2. The summed E-state index contributed by atoms with van der Waals surface area (Å²) in [5.41, 5.74) is 0.736. The lowest BCUT2D eigenvalue weighted by Gasteiger charge is -2.24. The fraction of sp³-hybridized carbons (Fsp3) is 0.517. The summed E-state index contributed by atoms with van der Waals surface area (Å²) in [6.45, 7) is 3.98. The van der Waals surface area contributed by atoms with Gasteiger partial charge >= 0.3 is 6.18 Å². The smallest absolute Gasteiger partial charge is 0.416 e. The summed E-state index contributed by atoms with van der Waals surface area (Å²) in [5, 5.41) is 2.68. The summed E-state index contributed by atoms with van der Waals surface area (Å²) in [4.78, 5) is 27.5. The van der Waals surface area contributed by atoms with E-state index in [-0.39, 0.29) is 23.5 Å². The van der Waals surface area contributed by atoms with Crippen LogP contribution in [0.2, 0.25) is 0 Å². The zero-order valence-electron chi connectivity index (χ0n) is 21.9. The van der Waals surface area contributed by atoms with Crippen molar-refractivity contribution >= 4 is 11.8 Å². The van der Waals surface area contributed by atoms with Crippen molar-refractivity contribution in [3.05, 3.63) is 65.2 Å². The van der Waals surface area contributed by atoms with E-state index >= 15 is 0 Å².